The van der Waals surface area contributed by atoms with Crippen molar-refractivity contribution in [3.63, 3.8) is 0 Å². The molecule has 1 rings (SSSR count). The Balaban J connectivity index is 2.31. The number of hydrogen-bond acceptors (Lipinski definition) is 3. The average Bonchev–Trinajstić information content (AvgIpc) is 2.31. The highest BCUT2D eigenvalue weighted by Gasteiger charge is 2.07. The van der Waals surface area contributed by atoms with Crippen molar-refractivity contribution < 1.29 is 14.3 Å². The summed E-state index contributed by atoms with van der Waals surface area (Å²) in [6.07, 6.45) is -0.429. The summed E-state index contributed by atoms with van der Waals surface area (Å²) >= 11 is 0. The molecule has 0 unspecified atom stereocenters. The molecule has 0 saturated heterocycles. The summed E-state index contributed by atoms with van der Waals surface area (Å²) in [5.74, 6) is 0. The van der Waals surface area contributed by atoms with E-state index in [4.69, 9.17) is 9.47 Å². The fourth-order valence-corrected chi connectivity index (χ4v) is 1.14. The van der Waals surface area contributed by atoms with Crippen LogP contribution in [0.4, 0.5) is 10.5 Å². The van der Waals surface area contributed by atoms with Crippen LogP contribution in [0.25, 0.3) is 0 Å². The molecule has 0 radical (unpaired) electrons. The fourth-order valence-electron chi connectivity index (χ4n) is 1.14. The molecule has 0 heterocycles. The molecule has 5 heteroatoms. The Morgan fingerprint density at radius 2 is 1.88 bits per heavy atom. The molecule has 2 N–H and O–H groups in total. The normalized spacial score (nSPS) is 10.2. The van der Waals surface area contributed by atoms with E-state index in [9.17, 15) is 4.79 Å². The molecule has 0 aliphatic rings. The van der Waals surface area contributed by atoms with Gasteiger partial charge in [-0.25, -0.2) is 4.79 Å². The number of benzene rings is 1. The van der Waals surface area contributed by atoms with Crippen LogP contribution in [0.3, 0.4) is 0 Å². The van der Waals surface area contributed by atoms with Crippen LogP contribution in [0.2, 0.25) is 0 Å². The first-order chi connectivity index (χ1) is 7.76. The van der Waals surface area contributed by atoms with Gasteiger partial charge >= 0.3 is 6.03 Å². The monoisotopic (exact) mass is 224 g/mol. The standard InChI is InChI=1S/C11H16N2O3/c1-15-10(16-2)8-12-11(14)13-9-6-4-3-5-7-9/h3-7,10H,8H2,1-2H3,(H2,12,13,14). The van der Waals surface area contributed by atoms with E-state index in [1.165, 1.54) is 14.2 Å². The van der Waals surface area contributed by atoms with E-state index in [0.717, 1.165) is 5.69 Å². The zero-order valence-corrected chi connectivity index (χ0v) is 9.40. The number of urea groups is 1. The van der Waals surface area contributed by atoms with Crippen LogP contribution in [0, 0.1) is 0 Å². The maximum Gasteiger partial charge on any atom is 0.319 e. The Morgan fingerprint density at radius 1 is 1.25 bits per heavy atom. The minimum atomic E-state index is -0.429. The molecule has 16 heavy (non-hydrogen) atoms. The van der Waals surface area contributed by atoms with Crippen LogP contribution in [0.15, 0.2) is 30.3 Å². The molecule has 0 aromatic heterocycles. The lowest BCUT2D eigenvalue weighted by Gasteiger charge is -2.14. The maximum absolute atomic E-state index is 11.4. The van der Waals surface area contributed by atoms with E-state index >= 15 is 0 Å². The number of amides is 2. The Morgan fingerprint density at radius 3 is 2.44 bits per heavy atom. The number of para-hydroxylation sites is 1. The van der Waals surface area contributed by atoms with Crippen molar-refractivity contribution in [2.24, 2.45) is 0 Å². The van der Waals surface area contributed by atoms with Crippen molar-refractivity contribution in [2.75, 3.05) is 26.1 Å². The van der Waals surface area contributed by atoms with E-state index < -0.39 is 6.29 Å². The summed E-state index contributed by atoms with van der Waals surface area (Å²) in [4.78, 5) is 11.4. The number of rotatable bonds is 5. The van der Waals surface area contributed by atoms with Gasteiger partial charge in [-0.2, -0.15) is 0 Å². The van der Waals surface area contributed by atoms with Gasteiger partial charge in [0.05, 0.1) is 6.54 Å². The van der Waals surface area contributed by atoms with Crippen LogP contribution in [-0.4, -0.2) is 33.1 Å². The van der Waals surface area contributed by atoms with Gasteiger partial charge in [0.25, 0.3) is 0 Å². The van der Waals surface area contributed by atoms with Crippen LogP contribution in [0.1, 0.15) is 0 Å². The number of nitrogens with one attached hydrogen (secondary N) is 2. The van der Waals surface area contributed by atoms with E-state index in [1.807, 2.05) is 30.3 Å². The largest absolute Gasteiger partial charge is 0.354 e. The number of carbonyl (C=O) groups excluding carboxylic acids is 1. The average molecular weight is 224 g/mol. The van der Waals surface area contributed by atoms with Gasteiger partial charge < -0.3 is 20.1 Å². The van der Waals surface area contributed by atoms with Gasteiger partial charge in [-0.3, -0.25) is 0 Å². The predicted octanol–water partition coefficient (Wildman–Crippen LogP) is 1.43. The summed E-state index contributed by atoms with van der Waals surface area (Å²) in [5, 5.41) is 5.32. The van der Waals surface area contributed by atoms with Crippen molar-refractivity contribution in [1.82, 2.24) is 5.32 Å². The molecule has 0 aliphatic carbocycles. The summed E-state index contributed by atoms with van der Waals surface area (Å²) in [6.45, 7) is 0.297. The van der Waals surface area contributed by atoms with Gasteiger partial charge in [0, 0.05) is 19.9 Å². The van der Waals surface area contributed by atoms with Crippen molar-refractivity contribution in [1.29, 1.82) is 0 Å². The third kappa shape index (κ3) is 4.29. The SMILES string of the molecule is COC(CNC(=O)Nc1ccccc1)OC. The quantitative estimate of drug-likeness (QED) is 0.744. The fraction of sp³-hybridized carbons (Fsp3) is 0.364. The number of carbonyl (C=O) groups is 1. The summed E-state index contributed by atoms with van der Waals surface area (Å²) in [5.41, 5.74) is 0.742. The van der Waals surface area contributed by atoms with E-state index in [2.05, 4.69) is 10.6 Å². The van der Waals surface area contributed by atoms with Crippen molar-refractivity contribution in [2.45, 2.75) is 6.29 Å². The smallest absolute Gasteiger partial charge is 0.319 e. The molecule has 88 valence electrons. The number of hydrogen-bond donors (Lipinski definition) is 2. The van der Waals surface area contributed by atoms with Gasteiger partial charge in [-0.1, -0.05) is 18.2 Å². The third-order valence-electron chi connectivity index (χ3n) is 1.99. The van der Waals surface area contributed by atoms with Crippen LogP contribution >= 0.6 is 0 Å². The lowest BCUT2D eigenvalue weighted by atomic mass is 10.3. The van der Waals surface area contributed by atoms with Gasteiger partial charge in [0.1, 0.15) is 0 Å². The molecule has 0 atom stereocenters. The van der Waals surface area contributed by atoms with Gasteiger partial charge in [0.2, 0.25) is 0 Å². The second kappa shape index (κ2) is 6.81. The molecule has 0 spiro atoms. The third-order valence-corrected chi connectivity index (χ3v) is 1.99. The predicted molar refractivity (Wildman–Crippen MR) is 61.3 cm³/mol. The molecular weight excluding hydrogens is 208 g/mol. The zero-order valence-electron chi connectivity index (χ0n) is 9.40. The van der Waals surface area contributed by atoms with E-state index in [0.29, 0.717) is 6.54 Å². The molecule has 1 aromatic carbocycles. The first kappa shape index (κ1) is 12.5. The highest BCUT2D eigenvalue weighted by atomic mass is 16.7. The number of methoxy groups -OCH3 is 2. The summed E-state index contributed by atoms with van der Waals surface area (Å²) < 4.78 is 9.87. The highest BCUT2D eigenvalue weighted by molar-refractivity contribution is 5.89. The van der Waals surface area contributed by atoms with Crippen molar-refractivity contribution in [3.8, 4) is 0 Å². The Kier molecular flexibility index (Phi) is 5.31. The first-order valence-corrected chi connectivity index (χ1v) is 4.91. The van der Waals surface area contributed by atoms with Crippen molar-refractivity contribution in [3.05, 3.63) is 30.3 Å². The molecule has 0 fully saturated rings. The minimum Gasteiger partial charge on any atom is -0.354 e. The molecule has 0 aliphatic heterocycles. The van der Waals surface area contributed by atoms with E-state index in [1.54, 1.807) is 0 Å². The lowest BCUT2D eigenvalue weighted by molar-refractivity contribution is -0.0970. The second-order valence-electron chi connectivity index (χ2n) is 3.10. The molecular formula is C11H16N2O3. The van der Waals surface area contributed by atoms with Crippen LogP contribution in [-0.2, 0) is 9.47 Å². The Labute approximate surface area is 94.7 Å². The number of ether oxygens (including phenoxy) is 2. The Bertz CT molecular complexity index is 312. The topological polar surface area (TPSA) is 59.6 Å². The zero-order chi connectivity index (χ0) is 11.8. The molecule has 1 aromatic rings. The number of anilines is 1. The molecule has 0 saturated carbocycles. The van der Waals surface area contributed by atoms with Gasteiger partial charge in [0.15, 0.2) is 6.29 Å². The lowest BCUT2D eigenvalue weighted by Crippen LogP contribution is -2.36. The van der Waals surface area contributed by atoms with Crippen LogP contribution in [0.5, 0.6) is 0 Å². The first-order valence-electron chi connectivity index (χ1n) is 4.91. The minimum absolute atomic E-state index is 0.287. The maximum atomic E-state index is 11.4. The summed E-state index contributed by atoms with van der Waals surface area (Å²) in [6, 6.07) is 8.92. The molecule has 2 amide bonds. The van der Waals surface area contributed by atoms with Gasteiger partial charge in [-0.05, 0) is 12.1 Å². The second-order valence-corrected chi connectivity index (χ2v) is 3.10. The van der Waals surface area contributed by atoms with Crippen molar-refractivity contribution >= 4 is 11.7 Å². The molecule has 0 bridgehead atoms. The Hall–Kier alpha value is -1.59. The van der Waals surface area contributed by atoms with Gasteiger partial charge in [-0.15, -0.1) is 0 Å². The van der Waals surface area contributed by atoms with E-state index in [-0.39, 0.29) is 6.03 Å². The highest BCUT2D eigenvalue weighted by Crippen LogP contribution is 2.04. The van der Waals surface area contributed by atoms with Crippen LogP contribution < -0.4 is 10.6 Å². The molecule has 5 nitrogen and oxygen atoms in total. The summed E-state index contributed by atoms with van der Waals surface area (Å²) in [7, 11) is 3.04.